The summed E-state index contributed by atoms with van der Waals surface area (Å²) in [5.41, 5.74) is 3.73. The molecule has 20 heavy (non-hydrogen) atoms. The normalized spacial score (nSPS) is 13.3. The molecule has 0 radical (unpaired) electrons. The summed E-state index contributed by atoms with van der Waals surface area (Å²) in [6.07, 6.45) is 0.186. The maximum absolute atomic E-state index is 13.0. The van der Waals surface area contributed by atoms with E-state index in [1.165, 1.54) is 23.3 Å². The maximum atomic E-state index is 13.0. The number of halogens is 2. The Morgan fingerprint density at radius 2 is 1.95 bits per heavy atom. The van der Waals surface area contributed by atoms with Crippen molar-refractivity contribution in [2.45, 2.75) is 19.5 Å². The number of carbonyl (C=O) groups is 1. The molecule has 2 nitrogen and oxygen atoms in total. The lowest BCUT2D eigenvalue weighted by Gasteiger charge is -2.06. The van der Waals surface area contributed by atoms with Gasteiger partial charge in [0.1, 0.15) is 5.82 Å². The van der Waals surface area contributed by atoms with E-state index in [9.17, 15) is 9.18 Å². The third kappa shape index (κ3) is 2.60. The highest BCUT2D eigenvalue weighted by Crippen LogP contribution is 2.21. The van der Waals surface area contributed by atoms with Crippen LogP contribution in [0.2, 0.25) is 5.02 Å². The van der Waals surface area contributed by atoms with Crippen LogP contribution in [0, 0.1) is 5.82 Å². The maximum Gasteiger partial charge on any atom is 0.167 e. The van der Waals surface area contributed by atoms with E-state index >= 15 is 0 Å². The van der Waals surface area contributed by atoms with Crippen LogP contribution in [0.1, 0.15) is 27.0 Å². The number of hydrogen-bond acceptors (Lipinski definition) is 2. The van der Waals surface area contributed by atoms with Gasteiger partial charge in [-0.05, 0) is 34.9 Å². The van der Waals surface area contributed by atoms with Gasteiger partial charge in [-0.15, -0.1) is 0 Å². The molecule has 1 aliphatic heterocycles. The van der Waals surface area contributed by atoms with Gasteiger partial charge in [0.2, 0.25) is 0 Å². The van der Waals surface area contributed by atoms with Crippen molar-refractivity contribution in [3.63, 3.8) is 0 Å². The fourth-order valence-electron chi connectivity index (χ4n) is 2.41. The highest BCUT2D eigenvalue weighted by molar-refractivity contribution is 6.31. The van der Waals surface area contributed by atoms with Crippen LogP contribution in [0.15, 0.2) is 36.4 Å². The SMILES string of the molecule is O=C(Cc1ccc(F)cc1Cl)c1ccc2c(c1)CNC2. The highest BCUT2D eigenvalue weighted by Gasteiger charge is 2.15. The zero-order chi connectivity index (χ0) is 14.1. The number of carbonyl (C=O) groups excluding carboxylic acids is 1. The van der Waals surface area contributed by atoms with Crippen LogP contribution in [-0.2, 0) is 19.5 Å². The molecular weight excluding hydrogens is 277 g/mol. The van der Waals surface area contributed by atoms with Gasteiger partial charge in [-0.25, -0.2) is 4.39 Å². The van der Waals surface area contributed by atoms with Crippen LogP contribution in [0.5, 0.6) is 0 Å². The zero-order valence-electron chi connectivity index (χ0n) is 10.7. The summed E-state index contributed by atoms with van der Waals surface area (Å²) in [6, 6.07) is 9.86. The van der Waals surface area contributed by atoms with Crippen molar-refractivity contribution >= 4 is 17.4 Å². The molecule has 0 unspecified atom stereocenters. The van der Waals surface area contributed by atoms with E-state index in [-0.39, 0.29) is 12.2 Å². The van der Waals surface area contributed by atoms with Crippen LogP contribution < -0.4 is 5.32 Å². The van der Waals surface area contributed by atoms with Crippen molar-refractivity contribution in [3.05, 3.63) is 69.5 Å². The van der Waals surface area contributed by atoms with Gasteiger partial charge >= 0.3 is 0 Å². The van der Waals surface area contributed by atoms with E-state index in [4.69, 9.17) is 11.6 Å². The minimum Gasteiger partial charge on any atom is -0.309 e. The number of Topliss-reactive ketones (excluding diaryl/α,β-unsaturated/α-hetero) is 1. The van der Waals surface area contributed by atoms with Gasteiger partial charge in [-0.3, -0.25) is 4.79 Å². The minimum absolute atomic E-state index is 0.00629. The Balaban J connectivity index is 1.82. The summed E-state index contributed by atoms with van der Waals surface area (Å²) in [5.74, 6) is -0.400. The first-order valence-corrected chi connectivity index (χ1v) is 6.81. The van der Waals surface area contributed by atoms with Crippen molar-refractivity contribution < 1.29 is 9.18 Å². The van der Waals surface area contributed by atoms with E-state index in [1.54, 1.807) is 6.07 Å². The molecule has 3 rings (SSSR count). The number of rotatable bonds is 3. The van der Waals surface area contributed by atoms with Crippen molar-refractivity contribution in [1.29, 1.82) is 0 Å². The first-order chi connectivity index (χ1) is 9.63. The topological polar surface area (TPSA) is 29.1 Å². The second-order valence-electron chi connectivity index (χ2n) is 4.92. The summed E-state index contributed by atoms with van der Waals surface area (Å²) in [6.45, 7) is 1.65. The quantitative estimate of drug-likeness (QED) is 0.876. The standard InChI is InChI=1S/C16H13ClFNO/c17-15-7-14(18)4-3-10(15)6-16(20)11-1-2-12-8-19-9-13(12)5-11/h1-5,7,19H,6,8-9H2. The van der Waals surface area contributed by atoms with Crippen LogP contribution in [-0.4, -0.2) is 5.78 Å². The smallest absolute Gasteiger partial charge is 0.167 e. The first kappa shape index (κ1) is 13.3. The Labute approximate surface area is 121 Å². The number of ketones is 1. The average molecular weight is 290 g/mol. The molecule has 0 spiro atoms. The molecule has 4 heteroatoms. The molecule has 0 saturated carbocycles. The fourth-order valence-corrected chi connectivity index (χ4v) is 2.64. The molecule has 0 amide bonds. The van der Waals surface area contributed by atoms with Gasteiger partial charge in [0, 0.05) is 30.1 Å². The molecule has 1 N–H and O–H groups in total. The lowest BCUT2D eigenvalue weighted by atomic mass is 9.99. The summed E-state index contributed by atoms with van der Waals surface area (Å²) >= 11 is 5.95. The average Bonchev–Trinajstić information content (AvgIpc) is 2.89. The Hall–Kier alpha value is -1.71. The van der Waals surface area contributed by atoms with Crippen LogP contribution >= 0.6 is 11.6 Å². The molecule has 0 saturated heterocycles. The first-order valence-electron chi connectivity index (χ1n) is 6.43. The summed E-state index contributed by atoms with van der Waals surface area (Å²) in [5, 5.41) is 3.54. The molecule has 0 aromatic heterocycles. The molecule has 0 fully saturated rings. The molecule has 1 heterocycles. The molecular formula is C16H13ClFNO. The Morgan fingerprint density at radius 1 is 1.15 bits per heavy atom. The van der Waals surface area contributed by atoms with Crippen molar-refractivity contribution in [2.75, 3.05) is 0 Å². The van der Waals surface area contributed by atoms with Gasteiger partial charge in [-0.2, -0.15) is 0 Å². The molecule has 1 aliphatic rings. The van der Waals surface area contributed by atoms with E-state index in [2.05, 4.69) is 5.32 Å². The third-order valence-corrected chi connectivity index (χ3v) is 3.88. The van der Waals surface area contributed by atoms with Crippen LogP contribution in [0.3, 0.4) is 0 Å². The van der Waals surface area contributed by atoms with Gasteiger partial charge in [0.05, 0.1) is 0 Å². The number of fused-ring (bicyclic) bond motifs is 1. The van der Waals surface area contributed by atoms with Gasteiger partial charge in [0.25, 0.3) is 0 Å². The second-order valence-corrected chi connectivity index (χ2v) is 5.33. The molecule has 102 valence electrons. The van der Waals surface area contributed by atoms with Crippen molar-refractivity contribution in [2.24, 2.45) is 0 Å². The Kier molecular flexibility index (Phi) is 3.55. The lowest BCUT2D eigenvalue weighted by Crippen LogP contribution is -2.05. The Bertz CT molecular complexity index is 684. The van der Waals surface area contributed by atoms with Crippen molar-refractivity contribution in [1.82, 2.24) is 5.32 Å². The molecule has 2 aromatic rings. The molecule has 0 atom stereocenters. The molecule has 2 aromatic carbocycles. The summed E-state index contributed by atoms with van der Waals surface area (Å²) in [7, 11) is 0. The van der Waals surface area contributed by atoms with Gasteiger partial charge < -0.3 is 5.32 Å². The molecule has 0 bridgehead atoms. The van der Waals surface area contributed by atoms with E-state index in [1.807, 2.05) is 18.2 Å². The Morgan fingerprint density at radius 3 is 2.75 bits per heavy atom. The van der Waals surface area contributed by atoms with E-state index in [0.29, 0.717) is 16.1 Å². The fraction of sp³-hybridized carbons (Fsp3) is 0.188. The summed E-state index contributed by atoms with van der Waals surface area (Å²) < 4.78 is 13.0. The predicted molar refractivity (Wildman–Crippen MR) is 76.4 cm³/mol. The van der Waals surface area contributed by atoms with Crippen LogP contribution in [0.4, 0.5) is 4.39 Å². The van der Waals surface area contributed by atoms with Gasteiger partial charge in [-0.1, -0.05) is 29.8 Å². The third-order valence-electron chi connectivity index (χ3n) is 3.53. The number of nitrogens with one attached hydrogen (secondary N) is 1. The minimum atomic E-state index is -0.394. The molecule has 0 aliphatic carbocycles. The number of hydrogen-bond donors (Lipinski definition) is 1. The number of benzene rings is 2. The largest absolute Gasteiger partial charge is 0.309 e. The van der Waals surface area contributed by atoms with Crippen LogP contribution in [0.25, 0.3) is 0 Å². The second kappa shape index (κ2) is 5.35. The predicted octanol–water partition coefficient (Wildman–Crippen LogP) is 3.51. The van der Waals surface area contributed by atoms with Gasteiger partial charge in [0.15, 0.2) is 5.78 Å². The summed E-state index contributed by atoms with van der Waals surface area (Å²) in [4.78, 5) is 12.3. The van der Waals surface area contributed by atoms with E-state index in [0.717, 1.165) is 13.1 Å². The van der Waals surface area contributed by atoms with E-state index < -0.39 is 5.82 Å². The lowest BCUT2D eigenvalue weighted by molar-refractivity contribution is 0.0993. The van der Waals surface area contributed by atoms with Crippen molar-refractivity contribution in [3.8, 4) is 0 Å². The zero-order valence-corrected chi connectivity index (χ0v) is 11.5. The highest BCUT2D eigenvalue weighted by atomic mass is 35.5. The monoisotopic (exact) mass is 289 g/mol.